The monoisotopic (exact) mass is 405 g/mol. The predicted molar refractivity (Wildman–Crippen MR) is 114 cm³/mol. The van der Waals surface area contributed by atoms with E-state index < -0.39 is 18.0 Å². The van der Waals surface area contributed by atoms with Crippen LogP contribution < -0.4 is 10.6 Å². The van der Waals surface area contributed by atoms with Crippen LogP contribution in [0.4, 0.5) is 5.69 Å². The molecule has 1 atom stereocenters. The zero-order valence-electron chi connectivity index (χ0n) is 17.1. The van der Waals surface area contributed by atoms with Gasteiger partial charge in [0.05, 0.1) is 17.6 Å². The first kappa shape index (κ1) is 21.0. The molecule has 3 rings (SSSR count). The van der Waals surface area contributed by atoms with Crippen molar-refractivity contribution in [2.75, 3.05) is 11.9 Å². The van der Waals surface area contributed by atoms with E-state index in [0.29, 0.717) is 16.5 Å². The first-order valence-corrected chi connectivity index (χ1v) is 9.55. The molecule has 154 valence electrons. The third-order valence-electron chi connectivity index (χ3n) is 4.69. The number of esters is 1. The number of carbonyl (C=O) groups excluding carboxylic acids is 3. The molecule has 7 heteroatoms. The van der Waals surface area contributed by atoms with Crippen LogP contribution in [0.2, 0.25) is 0 Å². The van der Waals surface area contributed by atoms with Gasteiger partial charge in [0.25, 0.3) is 5.91 Å². The van der Waals surface area contributed by atoms with Crippen LogP contribution in [-0.4, -0.2) is 35.4 Å². The Morgan fingerprint density at radius 2 is 1.70 bits per heavy atom. The average Bonchev–Trinajstić information content (AvgIpc) is 2.74. The lowest BCUT2D eigenvalue weighted by molar-refractivity contribution is -0.130. The molecule has 0 spiro atoms. The number of fused-ring (bicyclic) bond motifs is 1. The Bertz CT molecular complexity index is 1090. The van der Waals surface area contributed by atoms with E-state index in [9.17, 15) is 14.4 Å². The fraction of sp³-hybridized carbons (Fsp3) is 0.217. The molecule has 2 amide bonds. The first-order chi connectivity index (χ1) is 14.4. The third-order valence-corrected chi connectivity index (χ3v) is 4.69. The maximum Gasteiger partial charge on any atom is 0.339 e. The molecule has 2 aromatic carbocycles. The van der Waals surface area contributed by atoms with E-state index in [4.69, 9.17) is 4.74 Å². The molecule has 0 saturated heterocycles. The minimum absolute atomic E-state index is 0.229. The highest BCUT2D eigenvalue weighted by Crippen LogP contribution is 2.19. The Hall–Kier alpha value is -3.74. The summed E-state index contributed by atoms with van der Waals surface area (Å²) in [6, 6.07) is 14.3. The van der Waals surface area contributed by atoms with E-state index in [0.717, 1.165) is 16.8 Å². The number of ether oxygens (including phenoxy) is 1. The lowest BCUT2D eigenvalue weighted by atomic mass is 10.1. The maximum absolute atomic E-state index is 12.5. The molecule has 0 bridgehead atoms. The molecule has 0 radical (unpaired) electrons. The van der Waals surface area contributed by atoms with Crippen LogP contribution in [0.5, 0.6) is 0 Å². The number of rotatable bonds is 6. The van der Waals surface area contributed by atoms with Crippen molar-refractivity contribution < 1.29 is 19.1 Å². The van der Waals surface area contributed by atoms with Crippen molar-refractivity contribution in [3.8, 4) is 0 Å². The molecular formula is C23H23N3O4. The second kappa shape index (κ2) is 9.17. The molecule has 1 heterocycles. The third kappa shape index (κ3) is 4.81. The maximum atomic E-state index is 12.5. The van der Waals surface area contributed by atoms with E-state index in [2.05, 4.69) is 15.6 Å². The van der Waals surface area contributed by atoms with Crippen LogP contribution in [0, 0.1) is 13.8 Å². The van der Waals surface area contributed by atoms with Crippen LogP contribution in [-0.2, 0) is 14.3 Å². The number of nitrogens with zero attached hydrogens (tertiary/aromatic N) is 1. The van der Waals surface area contributed by atoms with Gasteiger partial charge in [-0.1, -0.05) is 30.3 Å². The average molecular weight is 405 g/mol. The van der Waals surface area contributed by atoms with Crippen LogP contribution in [0.25, 0.3) is 10.9 Å². The second-order valence-corrected chi connectivity index (χ2v) is 6.96. The largest absolute Gasteiger partial charge is 0.449 e. The molecule has 0 saturated carbocycles. The molecule has 3 aromatic rings. The summed E-state index contributed by atoms with van der Waals surface area (Å²) in [5.41, 5.74) is 3.57. The SMILES string of the molecule is Cc1cccc(C)c1NC(=O)CNC(=O)C(C)OC(=O)c1cccc2ncccc12. The summed E-state index contributed by atoms with van der Waals surface area (Å²) >= 11 is 0. The van der Waals surface area contributed by atoms with Gasteiger partial charge in [-0.25, -0.2) is 4.79 Å². The fourth-order valence-electron chi connectivity index (χ4n) is 3.07. The van der Waals surface area contributed by atoms with Crippen LogP contribution in [0.15, 0.2) is 54.7 Å². The summed E-state index contributed by atoms with van der Waals surface area (Å²) in [5.74, 6) is -1.55. The first-order valence-electron chi connectivity index (χ1n) is 9.55. The molecule has 0 aliphatic carbocycles. The molecule has 30 heavy (non-hydrogen) atoms. The van der Waals surface area contributed by atoms with Gasteiger partial charge >= 0.3 is 5.97 Å². The van der Waals surface area contributed by atoms with Crippen molar-refractivity contribution in [2.45, 2.75) is 26.9 Å². The number of carbonyl (C=O) groups is 3. The van der Waals surface area contributed by atoms with Gasteiger partial charge in [0, 0.05) is 17.3 Å². The zero-order valence-corrected chi connectivity index (χ0v) is 17.1. The number of para-hydroxylation sites is 1. The van der Waals surface area contributed by atoms with Gasteiger partial charge in [-0.15, -0.1) is 0 Å². The minimum Gasteiger partial charge on any atom is -0.449 e. The smallest absolute Gasteiger partial charge is 0.339 e. The highest BCUT2D eigenvalue weighted by atomic mass is 16.5. The summed E-state index contributed by atoms with van der Waals surface area (Å²) < 4.78 is 5.28. The lowest BCUT2D eigenvalue weighted by Crippen LogP contribution is -2.40. The van der Waals surface area contributed by atoms with Crippen molar-refractivity contribution in [1.29, 1.82) is 0 Å². The standard InChI is InChI=1S/C23H23N3O4/c1-14-7-4-8-15(2)21(14)26-20(27)13-25-22(28)16(3)30-23(29)18-9-5-11-19-17(18)10-6-12-24-19/h4-12,16H,13H2,1-3H3,(H,25,28)(H,26,27). The molecule has 0 aliphatic heterocycles. The summed E-state index contributed by atoms with van der Waals surface area (Å²) in [4.78, 5) is 41.2. The summed E-state index contributed by atoms with van der Waals surface area (Å²) in [7, 11) is 0. The number of amides is 2. The Labute approximate surface area is 174 Å². The number of pyridine rings is 1. The predicted octanol–water partition coefficient (Wildman–Crippen LogP) is 3.15. The van der Waals surface area contributed by atoms with E-state index in [-0.39, 0.29) is 12.5 Å². The Morgan fingerprint density at radius 3 is 2.43 bits per heavy atom. The van der Waals surface area contributed by atoms with Crippen molar-refractivity contribution in [2.24, 2.45) is 0 Å². The topological polar surface area (TPSA) is 97.4 Å². The molecule has 1 unspecified atom stereocenters. The van der Waals surface area contributed by atoms with Gasteiger partial charge in [0.2, 0.25) is 5.91 Å². The number of hydrogen-bond acceptors (Lipinski definition) is 5. The van der Waals surface area contributed by atoms with E-state index >= 15 is 0 Å². The van der Waals surface area contributed by atoms with Crippen molar-refractivity contribution in [3.05, 3.63) is 71.4 Å². The number of anilines is 1. The highest BCUT2D eigenvalue weighted by Gasteiger charge is 2.21. The fourth-order valence-corrected chi connectivity index (χ4v) is 3.07. The van der Waals surface area contributed by atoms with Crippen LogP contribution >= 0.6 is 0 Å². The normalized spacial score (nSPS) is 11.6. The van der Waals surface area contributed by atoms with Crippen LogP contribution in [0.1, 0.15) is 28.4 Å². The molecular weight excluding hydrogens is 382 g/mol. The highest BCUT2D eigenvalue weighted by molar-refractivity contribution is 6.04. The zero-order chi connectivity index (χ0) is 21.7. The quantitative estimate of drug-likeness (QED) is 0.614. The van der Waals surface area contributed by atoms with Gasteiger partial charge in [0.15, 0.2) is 6.10 Å². The Balaban J connectivity index is 1.57. The number of aryl methyl sites for hydroxylation is 2. The van der Waals surface area contributed by atoms with Crippen molar-refractivity contribution >= 4 is 34.4 Å². The van der Waals surface area contributed by atoms with Gasteiger partial charge < -0.3 is 15.4 Å². The van der Waals surface area contributed by atoms with Gasteiger partial charge in [0.1, 0.15) is 0 Å². The van der Waals surface area contributed by atoms with Crippen molar-refractivity contribution in [1.82, 2.24) is 10.3 Å². The van der Waals surface area contributed by atoms with E-state index in [1.54, 1.807) is 36.5 Å². The Kier molecular flexibility index (Phi) is 6.41. The summed E-state index contributed by atoms with van der Waals surface area (Å²) in [5, 5.41) is 5.93. The van der Waals surface area contributed by atoms with Gasteiger partial charge in [-0.3, -0.25) is 14.6 Å². The second-order valence-electron chi connectivity index (χ2n) is 6.96. The van der Waals surface area contributed by atoms with Gasteiger partial charge in [-0.2, -0.15) is 0 Å². The Morgan fingerprint density at radius 1 is 1.00 bits per heavy atom. The lowest BCUT2D eigenvalue weighted by Gasteiger charge is -2.15. The van der Waals surface area contributed by atoms with Crippen molar-refractivity contribution in [3.63, 3.8) is 0 Å². The number of benzene rings is 2. The molecule has 2 N–H and O–H groups in total. The van der Waals surface area contributed by atoms with Crippen LogP contribution in [0.3, 0.4) is 0 Å². The number of hydrogen-bond donors (Lipinski definition) is 2. The summed E-state index contributed by atoms with van der Waals surface area (Å²) in [6.07, 6.45) is 0.578. The van der Waals surface area contributed by atoms with E-state index in [1.807, 2.05) is 32.0 Å². The molecule has 1 aromatic heterocycles. The number of aromatic nitrogens is 1. The summed E-state index contributed by atoms with van der Waals surface area (Å²) in [6.45, 7) is 5.02. The minimum atomic E-state index is -1.06. The number of nitrogens with one attached hydrogen (secondary N) is 2. The molecule has 7 nitrogen and oxygen atoms in total. The van der Waals surface area contributed by atoms with E-state index in [1.165, 1.54) is 6.92 Å². The molecule has 0 aliphatic rings. The van der Waals surface area contributed by atoms with Gasteiger partial charge in [-0.05, 0) is 50.1 Å². The molecule has 0 fully saturated rings.